The molecule has 2 rings (SSSR count). The minimum absolute atomic E-state index is 0.0690. The highest BCUT2D eigenvalue weighted by Gasteiger charge is 2.15. The van der Waals surface area contributed by atoms with Crippen LogP contribution in [0.2, 0.25) is 0 Å². The molecule has 1 unspecified atom stereocenters. The Hall–Kier alpha value is -1.91. The van der Waals surface area contributed by atoms with Gasteiger partial charge in [-0.2, -0.15) is 0 Å². The first-order chi connectivity index (χ1) is 7.18. The summed E-state index contributed by atoms with van der Waals surface area (Å²) in [6.07, 6.45) is 7.00. The Morgan fingerprint density at radius 2 is 2.13 bits per heavy atom. The van der Waals surface area contributed by atoms with Crippen LogP contribution in [0.15, 0.2) is 24.8 Å². The van der Waals surface area contributed by atoms with Crippen molar-refractivity contribution in [3.05, 3.63) is 30.5 Å². The van der Waals surface area contributed by atoms with Gasteiger partial charge in [-0.15, -0.1) is 0 Å². The third-order valence-electron chi connectivity index (χ3n) is 2.29. The molecule has 0 fully saturated rings. The summed E-state index contributed by atoms with van der Waals surface area (Å²) in [6.45, 7) is 1.84. The Morgan fingerprint density at radius 3 is 2.80 bits per heavy atom. The molecule has 0 radical (unpaired) electrons. The van der Waals surface area contributed by atoms with Gasteiger partial charge >= 0.3 is 5.97 Å². The van der Waals surface area contributed by atoms with Crippen LogP contribution >= 0.6 is 0 Å². The van der Waals surface area contributed by atoms with Crippen LogP contribution in [0.5, 0.6) is 0 Å². The van der Waals surface area contributed by atoms with Crippen LogP contribution in [0.1, 0.15) is 25.0 Å². The second kappa shape index (κ2) is 3.68. The van der Waals surface area contributed by atoms with Gasteiger partial charge in [0.15, 0.2) is 5.65 Å². The maximum absolute atomic E-state index is 10.6. The summed E-state index contributed by atoms with van der Waals surface area (Å²) in [5.41, 5.74) is 1.45. The Kier molecular flexibility index (Phi) is 2.37. The van der Waals surface area contributed by atoms with Crippen LogP contribution in [-0.4, -0.2) is 25.4 Å². The molecule has 0 saturated heterocycles. The minimum atomic E-state index is -0.821. The number of rotatable bonds is 3. The van der Waals surface area contributed by atoms with Gasteiger partial charge in [0.1, 0.15) is 0 Å². The molecule has 2 heterocycles. The molecule has 0 spiro atoms. The number of aliphatic carboxylic acids is 1. The topological polar surface area (TPSA) is 67.5 Å². The Bertz CT molecular complexity index is 492. The minimum Gasteiger partial charge on any atom is -0.481 e. The van der Waals surface area contributed by atoms with Crippen molar-refractivity contribution in [3.63, 3.8) is 0 Å². The highest BCUT2D eigenvalue weighted by molar-refractivity contribution is 5.68. The molecule has 2 aromatic rings. The summed E-state index contributed by atoms with van der Waals surface area (Å²) < 4.78 is 1.83. The third-order valence-corrected chi connectivity index (χ3v) is 2.29. The lowest BCUT2D eigenvalue weighted by Crippen LogP contribution is -2.06. The first-order valence-electron chi connectivity index (χ1n) is 4.68. The Morgan fingerprint density at radius 1 is 1.47 bits per heavy atom. The number of nitrogens with zero attached hydrogens (tertiary/aromatic N) is 3. The van der Waals surface area contributed by atoms with Gasteiger partial charge in [-0.05, 0) is 0 Å². The van der Waals surface area contributed by atoms with Crippen molar-refractivity contribution in [2.75, 3.05) is 0 Å². The fourth-order valence-corrected chi connectivity index (χ4v) is 1.58. The number of carboxylic acid groups (broad SMARTS) is 1. The van der Waals surface area contributed by atoms with Crippen LogP contribution in [-0.2, 0) is 4.79 Å². The molecule has 15 heavy (non-hydrogen) atoms. The van der Waals surface area contributed by atoms with E-state index in [1.807, 2.05) is 17.5 Å². The van der Waals surface area contributed by atoms with Crippen molar-refractivity contribution in [1.29, 1.82) is 0 Å². The maximum atomic E-state index is 10.6. The smallest absolute Gasteiger partial charge is 0.304 e. The van der Waals surface area contributed by atoms with Crippen molar-refractivity contribution < 1.29 is 9.90 Å². The quantitative estimate of drug-likeness (QED) is 0.820. The fourth-order valence-electron chi connectivity index (χ4n) is 1.58. The van der Waals surface area contributed by atoms with Crippen molar-refractivity contribution in [1.82, 2.24) is 14.4 Å². The second-order valence-electron chi connectivity index (χ2n) is 3.47. The second-order valence-corrected chi connectivity index (χ2v) is 3.47. The largest absolute Gasteiger partial charge is 0.481 e. The molecule has 0 aliphatic carbocycles. The van der Waals surface area contributed by atoms with Crippen molar-refractivity contribution in [2.24, 2.45) is 0 Å². The Labute approximate surface area is 86.4 Å². The standard InChI is InChI=1S/C10H11N3O2/c1-7(6-8(14)15)9-10-12-3-5-13(10)4-2-11-9/h2-5,7H,6H2,1H3,(H,14,15). The van der Waals surface area contributed by atoms with Crippen LogP contribution in [0.4, 0.5) is 0 Å². The van der Waals surface area contributed by atoms with Gasteiger partial charge in [0, 0.05) is 30.7 Å². The zero-order chi connectivity index (χ0) is 10.8. The van der Waals surface area contributed by atoms with E-state index in [9.17, 15) is 4.79 Å². The van der Waals surface area contributed by atoms with E-state index in [2.05, 4.69) is 9.97 Å². The lowest BCUT2D eigenvalue weighted by atomic mass is 10.0. The van der Waals surface area contributed by atoms with E-state index in [-0.39, 0.29) is 12.3 Å². The summed E-state index contributed by atoms with van der Waals surface area (Å²) in [6, 6.07) is 0. The number of carboxylic acids is 1. The number of imidazole rings is 1. The summed E-state index contributed by atoms with van der Waals surface area (Å²) in [4.78, 5) is 18.9. The first kappa shape index (κ1) is 9.64. The molecule has 5 heteroatoms. The van der Waals surface area contributed by atoms with Gasteiger partial charge in [0.2, 0.25) is 0 Å². The summed E-state index contributed by atoms with van der Waals surface area (Å²) in [7, 11) is 0. The SMILES string of the molecule is CC(CC(=O)O)c1nccn2ccnc12. The highest BCUT2D eigenvalue weighted by Crippen LogP contribution is 2.19. The summed E-state index contributed by atoms with van der Waals surface area (Å²) >= 11 is 0. The fraction of sp³-hybridized carbons (Fsp3) is 0.300. The maximum Gasteiger partial charge on any atom is 0.304 e. The van der Waals surface area contributed by atoms with E-state index in [1.54, 1.807) is 18.6 Å². The van der Waals surface area contributed by atoms with E-state index in [1.165, 1.54) is 0 Å². The van der Waals surface area contributed by atoms with Crippen molar-refractivity contribution in [2.45, 2.75) is 19.3 Å². The molecule has 1 atom stereocenters. The zero-order valence-electron chi connectivity index (χ0n) is 8.29. The Balaban J connectivity index is 2.42. The predicted molar refractivity (Wildman–Crippen MR) is 53.7 cm³/mol. The lowest BCUT2D eigenvalue weighted by Gasteiger charge is -2.08. The third kappa shape index (κ3) is 1.81. The molecular weight excluding hydrogens is 194 g/mol. The molecule has 0 bridgehead atoms. The van der Waals surface area contributed by atoms with Gasteiger partial charge in [-0.3, -0.25) is 9.78 Å². The average Bonchev–Trinajstić information content (AvgIpc) is 2.63. The zero-order valence-corrected chi connectivity index (χ0v) is 8.29. The van der Waals surface area contributed by atoms with E-state index < -0.39 is 5.97 Å². The molecular formula is C10H11N3O2. The van der Waals surface area contributed by atoms with E-state index in [4.69, 9.17) is 5.11 Å². The summed E-state index contributed by atoms with van der Waals surface area (Å²) in [5, 5.41) is 8.71. The molecule has 1 N–H and O–H groups in total. The highest BCUT2D eigenvalue weighted by atomic mass is 16.4. The number of fused-ring (bicyclic) bond motifs is 1. The molecule has 2 aromatic heterocycles. The molecule has 0 aliphatic heterocycles. The monoisotopic (exact) mass is 205 g/mol. The molecule has 0 aromatic carbocycles. The van der Waals surface area contributed by atoms with Gasteiger partial charge in [0.25, 0.3) is 0 Å². The molecule has 0 amide bonds. The van der Waals surface area contributed by atoms with E-state index in [0.717, 1.165) is 11.3 Å². The number of hydrogen-bond acceptors (Lipinski definition) is 3. The van der Waals surface area contributed by atoms with Crippen molar-refractivity contribution >= 4 is 11.6 Å². The van der Waals surface area contributed by atoms with Gasteiger partial charge in [-0.1, -0.05) is 6.92 Å². The number of hydrogen-bond donors (Lipinski definition) is 1. The molecule has 0 saturated carbocycles. The number of aromatic nitrogens is 3. The van der Waals surface area contributed by atoms with Gasteiger partial charge in [-0.25, -0.2) is 4.98 Å². The van der Waals surface area contributed by atoms with Crippen LogP contribution < -0.4 is 0 Å². The molecule has 0 aliphatic rings. The van der Waals surface area contributed by atoms with Crippen LogP contribution in [0.25, 0.3) is 5.65 Å². The normalized spacial score (nSPS) is 12.9. The number of carbonyl (C=O) groups is 1. The van der Waals surface area contributed by atoms with Gasteiger partial charge < -0.3 is 9.51 Å². The average molecular weight is 205 g/mol. The van der Waals surface area contributed by atoms with Gasteiger partial charge in [0.05, 0.1) is 12.1 Å². The lowest BCUT2D eigenvalue weighted by molar-refractivity contribution is -0.137. The predicted octanol–water partition coefficient (Wildman–Crippen LogP) is 1.31. The molecule has 5 nitrogen and oxygen atoms in total. The van der Waals surface area contributed by atoms with Crippen LogP contribution in [0, 0.1) is 0 Å². The summed E-state index contributed by atoms with van der Waals surface area (Å²) in [5.74, 6) is -0.952. The van der Waals surface area contributed by atoms with E-state index >= 15 is 0 Å². The van der Waals surface area contributed by atoms with Crippen molar-refractivity contribution in [3.8, 4) is 0 Å². The first-order valence-corrected chi connectivity index (χ1v) is 4.68. The molecule has 78 valence electrons. The van der Waals surface area contributed by atoms with E-state index in [0.29, 0.717) is 0 Å². The van der Waals surface area contributed by atoms with Crippen LogP contribution in [0.3, 0.4) is 0 Å².